The Kier molecular flexibility index (Phi) is 5.30. The quantitative estimate of drug-likeness (QED) is 0.878. The summed E-state index contributed by atoms with van der Waals surface area (Å²) < 4.78 is 10.4. The second kappa shape index (κ2) is 7.81. The van der Waals surface area contributed by atoms with Crippen molar-refractivity contribution in [2.24, 2.45) is 0 Å². The zero-order valence-corrected chi connectivity index (χ0v) is 14.0. The van der Waals surface area contributed by atoms with Crippen LogP contribution in [0.2, 0.25) is 0 Å². The minimum Gasteiger partial charge on any atom is -0.447 e. The number of methoxy groups -OCH3 is 1. The summed E-state index contributed by atoms with van der Waals surface area (Å²) in [5.74, 6) is -0.187. The van der Waals surface area contributed by atoms with Crippen LogP contribution >= 0.6 is 0 Å². The molecule has 2 aromatic carbocycles. The van der Waals surface area contributed by atoms with Crippen LogP contribution in [0.3, 0.4) is 0 Å². The van der Waals surface area contributed by atoms with Crippen molar-refractivity contribution in [2.75, 3.05) is 31.7 Å². The SMILES string of the molecule is COC(CNC(=O)c1ccc(N2CCOC2=O)cc1)c1ccccc1. The molecular weight excluding hydrogens is 320 g/mol. The fourth-order valence-corrected chi connectivity index (χ4v) is 2.71. The fourth-order valence-electron chi connectivity index (χ4n) is 2.71. The van der Waals surface area contributed by atoms with Gasteiger partial charge in [-0.1, -0.05) is 30.3 Å². The Balaban J connectivity index is 1.60. The van der Waals surface area contributed by atoms with Crippen LogP contribution in [-0.2, 0) is 9.47 Å². The molecule has 25 heavy (non-hydrogen) atoms. The standard InChI is InChI=1S/C19H20N2O4/c1-24-17(14-5-3-2-4-6-14)13-20-18(22)15-7-9-16(10-8-15)21-11-12-25-19(21)23/h2-10,17H,11-13H2,1H3,(H,20,22). The third-order valence-electron chi connectivity index (χ3n) is 4.11. The maximum absolute atomic E-state index is 12.3. The van der Waals surface area contributed by atoms with E-state index in [9.17, 15) is 9.59 Å². The maximum atomic E-state index is 12.3. The van der Waals surface area contributed by atoms with Crippen molar-refractivity contribution in [3.8, 4) is 0 Å². The lowest BCUT2D eigenvalue weighted by molar-refractivity contribution is 0.0828. The summed E-state index contributed by atoms with van der Waals surface area (Å²) in [7, 11) is 1.62. The van der Waals surface area contributed by atoms with Gasteiger partial charge < -0.3 is 14.8 Å². The number of hydrogen-bond donors (Lipinski definition) is 1. The molecule has 1 heterocycles. The van der Waals surface area contributed by atoms with E-state index in [0.29, 0.717) is 25.3 Å². The number of cyclic esters (lactones) is 1. The van der Waals surface area contributed by atoms with E-state index in [-0.39, 0.29) is 18.1 Å². The van der Waals surface area contributed by atoms with Crippen molar-refractivity contribution in [1.29, 1.82) is 0 Å². The Morgan fingerprint density at radius 1 is 1.20 bits per heavy atom. The van der Waals surface area contributed by atoms with E-state index in [1.165, 1.54) is 4.90 Å². The molecule has 130 valence electrons. The third kappa shape index (κ3) is 3.97. The monoisotopic (exact) mass is 340 g/mol. The molecule has 2 aromatic rings. The van der Waals surface area contributed by atoms with Crippen LogP contribution < -0.4 is 10.2 Å². The van der Waals surface area contributed by atoms with Crippen LogP contribution in [-0.4, -0.2) is 38.8 Å². The smallest absolute Gasteiger partial charge is 0.414 e. The molecule has 0 saturated carbocycles. The highest BCUT2D eigenvalue weighted by Gasteiger charge is 2.23. The molecule has 2 amide bonds. The number of hydrogen-bond acceptors (Lipinski definition) is 4. The van der Waals surface area contributed by atoms with Crippen molar-refractivity contribution >= 4 is 17.7 Å². The van der Waals surface area contributed by atoms with Gasteiger partial charge in [-0.25, -0.2) is 4.79 Å². The van der Waals surface area contributed by atoms with Gasteiger partial charge in [-0.2, -0.15) is 0 Å². The molecule has 1 unspecified atom stereocenters. The highest BCUT2D eigenvalue weighted by atomic mass is 16.6. The molecule has 1 aliphatic rings. The van der Waals surface area contributed by atoms with Gasteiger partial charge >= 0.3 is 6.09 Å². The van der Waals surface area contributed by atoms with E-state index in [4.69, 9.17) is 9.47 Å². The van der Waals surface area contributed by atoms with Gasteiger partial charge in [-0.05, 0) is 29.8 Å². The summed E-state index contributed by atoms with van der Waals surface area (Å²) in [4.78, 5) is 25.4. The van der Waals surface area contributed by atoms with Gasteiger partial charge in [0.2, 0.25) is 0 Å². The first-order chi connectivity index (χ1) is 12.2. The minimum absolute atomic E-state index is 0.187. The van der Waals surface area contributed by atoms with Crippen molar-refractivity contribution < 1.29 is 19.1 Å². The Morgan fingerprint density at radius 3 is 2.52 bits per heavy atom. The normalized spacial score (nSPS) is 14.9. The predicted octanol–water partition coefficient (Wildman–Crippen LogP) is 2.76. The number of amides is 2. The van der Waals surface area contributed by atoms with E-state index in [1.807, 2.05) is 30.3 Å². The van der Waals surface area contributed by atoms with E-state index >= 15 is 0 Å². The number of carbonyl (C=O) groups is 2. The Hall–Kier alpha value is -2.86. The largest absolute Gasteiger partial charge is 0.447 e. The number of benzene rings is 2. The van der Waals surface area contributed by atoms with Crippen LogP contribution in [0.15, 0.2) is 54.6 Å². The van der Waals surface area contributed by atoms with Gasteiger partial charge in [-0.3, -0.25) is 9.69 Å². The number of nitrogens with zero attached hydrogens (tertiary/aromatic N) is 1. The number of ether oxygens (including phenoxy) is 2. The van der Waals surface area contributed by atoms with Crippen LogP contribution in [0.4, 0.5) is 10.5 Å². The van der Waals surface area contributed by atoms with Crippen molar-refractivity contribution in [1.82, 2.24) is 5.32 Å². The lowest BCUT2D eigenvalue weighted by Crippen LogP contribution is -2.29. The second-order valence-electron chi connectivity index (χ2n) is 5.66. The van der Waals surface area contributed by atoms with Gasteiger partial charge in [0.15, 0.2) is 0 Å². The molecule has 3 rings (SSSR count). The number of anilines is 1. The van der Waals surface area contributed by atoms with Crippen molar-refractivity contribution in [3.63, 3.8) is 0 Å². The van der Waals surface area contributed by atoms with E-state index in [1.54, 1.807) is 31.4 Å². The van der Waals surface area contributed by atoms with E-state index < -0.39 is 0 Å². The van der Waals surface area contributed by atoms with Gasteiger partial charge in [-0.15, -0.1) is 0 Å². The Morgan fingerprint density at radius 2 is 1.92 bits per heavy atom. The van der Waals surface area contributed by atoms with Gasteiger partial charge in [0.1, 0.15) is 6.61 Å². The summed E-state index contributed by atoms with van der Waals surface area (Å²) in [6.45, 7) is 1.29. The zero-order valence-electron chi connectivity index (χ0n) is 14.0. The van der Waals surface area contributed by atoms with Gasteiger partial charge in [0.25, 0.3) is 5.91 Å². The predicted molar refractivity (Wildman–Crippen MR) is 93.7 cm³/mol. The summed E-state index contributed by atoms with van der Waals surface area (Å²) >= 11 is 0. The molecule has 1 saturated heterocycles. The van der Waals surface area contributed by atoms with Crippen LogP contribution in [0.5, 0.6) is 0 Å². The summed E-state index contributed by atoms with van der Waals surface area (Å²) in [5, 5.41) is 2.88. The number of nitrogens with one attached hydrogen (secondary N) is 1. The molecule has 0 bridgehead atoms. The highest BCUT2D eigenvalue weighted by molar-refractivity contribution is 5.95. The average molecular weight is 340 g/mol. The first-order valence-corrected chi connectivity index (χ1v) is 8.09. The molecule has 1 aliphatic heterocycles. The molecule has 0 spiro atoms. The van der Waals surface area contributed by atoms with Crippen molar-refractivity contribution in [3.05, 3.63) is 65.7 Å². The van der Waals surface area contributed by atoms with Crippen LogP contribution in [0, 0.1) is 0 Å². The molecule has 1 fully saturated rings. The zero-order chi connectivity index (χ0) is 17.6. The van der Waals surface area contributed by atoms with Gasteiger partial charge in [0, 0.05) is 24.9 Å². The van der Waals surface area contributed by atoms with E-state index in [2.05, 4.69) is 5.32 Å². The molecular formula is C19H20N2O4. The first kappa shape index (κ1) is 17.0. The lowest BCUT2D eigenvalue weighted by atomic mass is 10.1. The first-order valence-electron chi connectivity index (χ1n) is 8.09. The van der Waals surface area contributed by atoms with E-state index in [0.717, 1.165) is 11.3 Å². The summed E-state index contributed by atoms with van der Waals surface area (Å²) in [6, 6.07) is 16.6. The molecule has 0 aliphatic carbocycles. The maximum Gasteiger partial charge on any atom is 0.414 e. The van der Waals surface area contributed by atoms with Crippen LogP contribution in [0.25, 0.3) is 0 Å². The highest BCUT2D eigenvalue weighted by Crippen LogP contribution is 2.19. The Bertz CT molecular complexity index is 731. The minimum atomic E-state index is -0.358. The third-order valence-corrected chi connectivity index (χ3v) is 4.11. The molecule has 0 aromatic heterocycles. The van der Waals surface area contributed by atoms with Crippen LogP contribution in [0.1, 0.15) is 22.0 Å². The molecule has 0 radical (unpaired) electrons. The molecule has 6 nitrogen and oxygen atoms in total. The van der Waals surface area contributed by atoms with Crippen molar-refractivity contribution in [2.45, 2.75) is 6.10 Å². The summed E-state index contributed by atoms with van der Waals surface area (Å²) in [6.07, 6.45) is -0.563. The number of rotatable bonds is 6. The molecule has 1 atom stereocenters. The fraction of sp³-hybridized carbons (Fsp3) is 0.263. The lowest BCUT2D eigenvalue weighted by Gasteiger charge is -2.17. The van der Waals surface area contributed by atoms with Gasteiger partial charge in [0.05, 0.1) is 12.6 Å². The average Bonchev–Trinajstić information content (AvgIpc) is 3.09. The summed E-state index contributed by atoms with van der Waals surface area (Å²) in [5.41, 5.74) is 2.26. The number of carbonyl (C=O) groups excluding carboxylic acids is 2. The second-order valence-corrected chi connectivity index (χ2v) is 5.66. The molecule has 1 N–H and O–H groups in total. The topological polar surface area (TPSA) is 67.9 Å². The molecule has 6 heteroatoms. The Labute approximate surface area is 146 Å².